The van der Waals surface area contributed by atoms with Crippen molar-refractivity contribution < 1.29 is 14.0 Å². The fourth-order valence-electron chi connectivity index (χ4n) is 2.87. The average Bonchev–Trinajstić information content (AvgIpc) is 2.77. The number of hydrogen-bond acceptors (Lipinski definition) is 7. The summed E-state index contributed by atoms with van der Waals surface area (Å²) < 4.78 is 13.4. The third-order valence-electron chi connectivity index (χ3n) is 4.50. The molecule has 0 spiro atoms. The number of nitrogens with one attached hydrogen (secondary N) is 2. The largest absolute Gasteiger partial charge is 0.396 e. The number of carbonyl (C=O) groups is 2. The first kappa shape index (κ1) is 22.6. The second kappa shape index (κ2) is 9.84. The van der Waals surface area contributed by atoms with Crippen molar-refractivity contribution in [3.8, 4) is 0 Å². The Bertz CT molecular complexity index is 1170. The number of nitrogens with two attached hydrogens (primary N) is 2. The zero-order valence-electron chi connectivity index (χ0n) is 16.7. The van der Waals surface area contributed by atoms with Gasteiger partial charge in [-0.1, -0.05) is 41.9 Å². The summed E-state index contributed by atoms with van der Waals surface area (Å²) in [6, 6.07) is 10.1. The van der Waals surface area contributed by atoms with E-state index >= 15 is 0 Å². The SMILES string of the molecule is N=Cc1c(N)ncc(NC(=O)C(=O)N(Cc2ccccc2)Cc2ncc(F)cc2Cl)c1N. The molecule has 2 heterocycles. The van der Waals surface area contributed by atoms with Crippen molar-refractivity contribution in [3.63, 3.8) is 0 Å². The maximum Gasteiger partial charge on any atom is 0.314 e. The van der Waals surface area contributed by atoms with Crippen molar-refractivity contribution in [2.45, 2.75) is 13.1 Å². The van der Waals surface area contributed by atoms with Crippen LogP contribution in [0.15, 0.2) is 48.8 Å². The Morgan fingerprint density at radius 1 is 1.16 bits per heavy atom. The molecule has 1 aromatic carbocycles. The zero-order chi connectivity index (χ0) is 23.3. The van der Waals surface area contributed by atoms with Gasteiger partial charge in [0.1, 0.15) is 11.6 Å². The summed E-state index contributed by atoms with van der Waals surface area (Å²) in [6.07, 6.45) is 3.08. The van der Waals surface area contributed by atoms with Crippen molar-refractivity contribution in [1.82, 2.24) is 14.9 Å². The van der Waals surface area contributed by atoms with E-state index < -0.39 is 17.6 Å². The van der Waals surface area contributed by atoms with Crippen LogP contribution in [0.5, 0.6) is 0 Å². The highest BCUT2D eigenvalue weighted by atomic mass is 35.5. The van der Waals surface area contributed by atoms with Crippen LogP contribution in [0, 0.1) is 11.2 Å². The molecule has 0 aliphatic rings. The van der Waals surface area contributed by atoms with E-state index in [1.807, 2.05) is 6.07 Å². The van der Waals surface area contributed by atoms with Gasteiger partial charge in [0.2, 0.25) is 0 Å². The summed E-state index contributed by atoms with van der Waals surface area (Å²) in [6.45, 7) is -0.0643. The van der Waals surface area contributed by atoms with E-state index in [2.05, 4.69) is 15.3 Å². The van der Waals surface area contributed by atoms with Crippen LogP contribution < -0.4 is 16.8 Å². The van der Waals surface area contributed by atoms with Crippen LogP contribution in [0.2, 0.25) is 5.02 Å². The molecule has 9 nitrogen and oxygen atoms in total. The number of nitrogen functional groups attached to an aromatic ring is 2. The van der Waals surface area contributed by atoms with Gasteiger partial charge < -0.3 is 27.1 Å². The van der Waals surface area contributed by atoms with E-state index in [0.29, 0.717) is 0 Å². The van der Waals surface area contributed by atoms with Crippen LogP contribution in [0.1, 0.15) is 16.8 Å². The molecular weight excluding hydrogens is 437 g/mol. The molecule has 0 aliphatic heterocycles. The van der Waals surface area contributed by atoms with Gasteiger partial charge in [-0.3, -0.25) is 14.6 Å². The zero-order valence-corrected chi connectivity index (χ0v) is 17.4. The van der Waals surface area contributed by atoms with Gasteiger partial charge in [-0.25, -0.2) is 9.37 Å². The molecule has 32 heavy (non-hydrogen) atoms. The number of anilines is 3. The average molecular weight is 456 g/mol. The Morgan fingerprint density at radius 2 is 1.88 bits per heavy atom. The second-order valence-corrected chi connectivity index (χ2v) is 7.12. The Labute approximate surface area is 187 Å². The predicted molar refractivity (Wildman–Crippen MR) is 119 cm³/mol. The molecule has 0 atom stereocenters. The molecular formula is C21H19ClFN7O2. The lowest BCUT2D eigenvalue weighted by molar-refractivity contribution is -0.144. The van der Waals surface area contributed by atoms with Gasteiger partial charge in [-0.2, -0.15) is 0 Å². The number of rotatable bonds is 6. The molecule has 164 valence electrons. The van der Waals surface area contributed by atoms with Gasteiger partial charge in [0.25, 0.3) is 0 Å². The first-order chi connectivity index (χ1) is 15.3. The molecule has 2 aromatic heterocycles. The van der Waals surface area contributed by atoms with Crippen molar-refractivity contribution in [2.75, 3.05) is 16.8 Å². The number of aromatic nitrogens is 2. The minimum absolute atomic E-state index is 0.00602. The quantitative estimate of drug-likeness (QED) is 0.331. The molecule has 11 heteroatoms. The number of benzene rings is 1. The number of nitrogens with zero attached hydrogens (tertiary/aromatic N) is 3. The maximum atomic E-state index is 13.4. The molecule has 0 saturated carbocycles. The lowest BCUT2D eigenvalue weighted by Gasteiger charge is -2.22. The highest BCUT2D eigenvalue weighted by Crippen LogP contribution is 2.24. The first-order valence-electron chi connectivity index (χ1n) is 9.28. The monoisotopic (exact) mass is 455 g/mol. The number of amides is 2. The molecule has 3 rings (SSSR count). The summed E-state index contributed by atoms with van der Waals surface area (Å²) in [4.78, 5) is 34.7. The van der Waals surface area contributed by atoms with Crippen molar-refractivity contribution in [2.24, 2.45) is 0 Å². The van der Waals surface area contributed by atoms with Crippen LogP contribution in [-0.2, 0) is 22.7 Å². The number of carbonyl (C=O) groups excluding carboxylic acids is 2. The molecule has 0 radical (unpaired) electrons. The predicted octanol–water partition coefficient (Wildman–Crippen LogP) is 2.60. The summed E-state index contributed by atoms with van der Waals surface area (Å²) >= 11 is 6.06. The minimum Gasteiger partial charge on any atom is -0.396 e. The Balaban J connectivity index is 1.87. The second-order valence-electron chi connectivity index (χ2n) is 6.71. The Morgan fingerprint density at radius 3 is 2.53 bits per heavy atom. The summed E-state index contributed by atoms with van der Waals surface area (Å²) in [5, 5.41) is 9.81. The van der Waals surface area contributed by atoms with E-state index in [-0.39, 0.29) is 46.6 Å². The Kier molecular flexibility index (Phi) is 6.96. The van der Waals surface area contributed by atoms with Crippen LogP contribution in [0.4, 0.5) is 21.6 Å². The lowest BCUT2D eigenvalue weighted by Crippen LogP contribution is -2.39. The van der Waals surface area contributed by atoms with E-state index in [4.69, 9.17) is 28.5 Å². The van der Waals surface area contributed by atoms with Crippen LogP contribution in [-0.4, -0.2) is 32.9 Å². The van der Waals surface area contributed by atoms with Crippen LogP contribution >= 0.6 is 11.6 Å². The standard InChI is InChI=1S/C21H19ClFN7O2/c22-15-6-13(23)8-27-17(15)11-30(10-12-4-2-1-3-5-12)21(32)20(31)29-16-9-28-19(26)14(7-24)18(16)25/h1-9,24H,10-11H2,(H,29,31)(H4,25,26,28). The Hall–Kier alpha value is -4.05. The maximum absolute atomic E-state index is 13.4. The van der Waals surface area contributed by atoms with E-state index in [9.17, 15) is 14.0 Å². The van der Waals surface area contributed by atoms with E-state index in [1.165, 1.54) is 11.1 Å². The highest BCUT2D eigenvalue weighted by molar-refractivity contribution is 6.40. The summed E-state index contributed by atoms with van der Waals surface area (Å²) in [5.41, 5.74) is 12.7. The summed E-state index contributed by atoms with van der Waals surface area (Å²) in [7, 11) is 0. The highest BCUT2D eigenvalue weighted by Gasteiger charge is 2.25. The smallest absolute Gasteiger partial charge is 0.314 e. The van der Waals surface area contributed by atoms with Crippen LogP contribution in [0.25, 0.3) is 0 Å². The van der Waals surface area contributed by atoms with E-state index in [1.54, 1.807) is 24.3 Å². The van der Waals surface area contributed by atoms with Crippen molar-refractivity contribution in [1.29, 1.82) is 5.41 Å². The number of halogens is 2. The van der Waals surface area contributed by atoms with Gasteiger partial charge >= 0.3 is 11.8 Å². The van der Waals surface area contributed by atoms with E-state index in [0.717, 1.165) is 24.0 Å². The molecule has 0 aliphatic carbocycles. The molecule has 2 amide bonds. The molecule has 3 aromatic rings. The van der Waals surface area contributed by atoms with Gasteiger partial charge in [-0.05, 0) is 11.6 Å². The first-order valence-corrected chi connectivity index (χ1v) is 9.66. The third kappa shape index (κ3) is 5.16. The van der Waals surface area contributed by atoms with Gasteiger partial charge in [0, 0.05) is 12.8 Å². The molecule has 0 bridgehead atoms. The number of hydrogen-bond donors (Lipinski definition) is 4. The normalized spacial score (nSPS) is 10.4. The molecule has 0 fully saturated rings. The van der Waals surface area contributed by atoms with Gasteiger partial charge in [-0.15, -0.1) is 0 Å². The van der Waals surface area contributed by atoms with Gasteiger partial charge in [0.05, 0.1) is 46.6 Å². The van der Waals surface area contributed by atoms with Crippen molar-refractivity contribution >= 4 is 46.8 Å². The fourth-order valence-corrected chi connectivity index (χ4v) is 3.08. The topological polar surface area (TPSA) is 151 Å². The lowest BCUT2D eigenvalue weighted by atomic mass is 10.2. The summed E-state index contributed by atoms with van der Waals surface area (Å²) in [5.74, 6) is -2.49. The van der Waals surface area contributed by atoms with Crippen LogP contribution in [0.3, 0.4) is 0 Å². The fraction of sp³-hybridized carbons (Fsp3) is 0.0952. The third-order valence-corrected chi connectivity index (χ3v) is 4.83. The molecule has 0 unspecified atom stereocenters. The minimum atomic E-state index is -0.992. The van der Waals surface area contributed by atoms with Gasteiger partial charge in [0.15, 0.2) is 0 Å². The molecule has 0 saturated heterocycles. The molecule has 6 N–H and O–H groups in total. The number of pyridine rings is 2. The van der Waals surface area contributed by atoms with Crippen molar-refractivity contribution in [3.05, 3.63) is 76.5 Å².